The van der Waals surface area contributed by atoms with Gasteiger partial charge >= 0.3 is 12.1 Å². The smallest absolute Gasteiger partial charge is 0.413 e. The maximum absolute atomic E-state index is 12.7. The van der Waals surface area contributed by atoms with Crippen LogP contribution in [0.15, 0.2) is 48.5 Å². The summed E-state index contributed by atoms with van der Waals surface area (Å²) in [6, 6.07) is 12.3. The number of ether oxygens (including phenoxy) is 4. The van der Waals surface area contributed by atoms with Gasteiger partial charge in [-0.05, 0) is 37.1 Å². The number of carbonyl (C=O) groups excluding carboxylic acids is 3. The van der Waals surface area contributed by atoms with E-state index in [1.165, 1.54) is 7.05 Å². The summed E-state index contributed by atoms with van der Waals surface area (Å²) in [6.07, 6.45) is -0.514. The van der Waals surface area contributed by atoms with Gasteiger partial charge in [-0.1, -0.05) is 30.3 Å². The van der Waals surface area contributed by atoms with Crippen LogP contribution in [0, 0.1) is 0 Å². The number of amides is 1. The van der Waals surface area contributed by atoms with Crippen LogP contribution in [0.25, 0.3) is 0 Å². The van der Waals surface area contributed by atoms with Gasteiger partial charge in [0.15, 0.2) is 17.3 Å². The minimum atomic E-state index is -0.884. The number of carbonyl (C=O) groups is 3. The van der Waals surface area contributed by atoms with Gasteiger partial charge < -0.3 is 29.6 Å². The molecule has 0 saturated carbocycles. The quantitative estimate of drug-likeness (QED) is 0.386. The summed E-state index contributed by atoms with van der Waals surface area (Å²) in [5.74, 6) is 0.0368. The minimum Gasteiger partial charge on any atom is -0.454 e. The number of hydrogen-bond donors (Lipinski definition) is 1. The topological polar surface area (TPSA) is 117 Å². The molecule has 0 spiro atoms. The van der Waals surface area contributed by atoms with E-state index in [0.717, 1.165) is 10.5 Å². The van der Waals surface area contributed by atoms with Gasteiger partial charge in [-0.15, -0.1) is 0 Å². The highest BCUT2D eigenvalue weighted by atomic mass is 16.7. The van der Waals surface area contributed by atoms with E-state index < -0.39 is 30.9 Å². The molecule has 2 unspecified atom stereocenters. The van der Waals surface area contributed by atoms with Crippen molar-refractivity contribution in [3.8, 4) is 11.5 Å². The van der Waals surface area contributed by atoms with E-state index >= 15 is 0 Å². The molecule has 2 aromatic carbocycles. The molecule has 1 aliphatic heterocycles. The number of nitrogens with zero attached hydrogens (tertiary/aromatic N) is 1. The van der Waals surface area contributed by atoms with Gasteiger partial charge in [-0.25, -0.2) is 4.79 Å². The Hall–Kier alpha value is -3.59. The zero-order valence-electron chi connectivity index (χ0n) is 17.3. The van der Waals surface area contributed by atoms with Crippen molar-refractivity contribution in [1.29, 1.82) is 0 Å². The molecule has 0 fully saturated rings. The van der Waals surface area contributed by atoms with E-state index in [2.05, 4.69) is 0 Å². The predicted octanol–water partition coefficient (Wildman–Crippen LogP) is 2.13. The number of nitrogens with two attached hydrogens (primary N) is 1. The van der Waals surface area contributed by atoms with Gasteiger partial charge in [0.25, 0.3) is 0 Å². The van der Waals surface area contributed by atoms with Gasteiger partial charge in [-0.3, -0.25) is 9.59 Å². The molecule has 9 heteroatoms. The molecule has 0 saturated heterocycles. The molecule has 0 radical (unpaired) electrons. The average molecular weight is 428 g/mol. The second-order valence-corrected chi connectivity index (χ2v) is 7.01. The molecule has 2 N–H and O–H groups in total. The number of rotatable bonds is 8. The maximum atomic E-state index is 12.7. The third-order valence-corrected chi connectivity index (χ3v) is 4.89. The highest BCUT2D eigenvalue weighted by Crippen LogP contribution is 2.33. The minimum absolute atomic E-state index is 0.0997. The van der Waals surface area contributed by atoms with Crippen molar-refractivity contribution in [2.45, 2.75) is 25.4 Å². The van der Waals surface area contributed by atoms with Gasteiger partial charge in [0.1, 0.15) is 6.04 Å². The van der Waals surface area contributed by atoms with Crippen molar-refractivity contribution >= 4 is 17.8 Å². The first-order valence-electron chi connectivity index (χ1n) is 9.66. The zero-order chi connectivity index (χ0) is 22.4. The van der Waals surface area contributed by atoms with Crippen LogP contribution in [-0.2, 0) is 20.7 Å². The molecule has 1 aliphatic rings. The Balaban J connectivity index is 1.46. The Kier molecular flexibility index (Phi) is 7.09. The highest BCUT2D eigenvalue weighted by Gasteiger charge is 2.26. The summed E-state index contributed by atoms with van der Waals surface area (Å²) in [5.41, 5.74) is 7.09. The fourth-order valence-electron chi connectivity index (χ4n) is 2.92. The number of esters is 1. The van der Waals surface area contributed by atoms with Crippen molar-refractivity contribution in [2.75, 3.05) is 20.6 Å². The summed E-state index contributed by atoms with van der Waals surface area (Å²) in [4.78, 5) is 38.0. The zero-order valence-corrected chi connectivity index (χ0v) is 17.3. The summed E-state index contributed by atoms with van der Waals surface area (Å²) < 4.78 is 20.4. The first-order valence-corrected chi connectivity index (χ1v) is 9.66. The maximum Gasteiger partial charge on any atom is 0.413 e. The lowest BCUT2D eigenvalue weighted by atomic mass is 10.0. The summed E-state index contributed by atoms with van der Waals surface area (Å²) in [6.45, 7) is 1.06. The second-order valence-electron chi connectivity index (χ2n) is 7.01. The lowest BCUT2D eigenvalue weighted by Gasteiger charge is -2.23. The van der Waals surface area contributed by atoms with E-state index in [1.54, 1.807) is 25.1 Å². The van der Waals surface area contributed by atoms with Crippen LogP contribution < -0.4 is 15.2 Å². The predicted molar refractivity (Wildman–Crippen MR) is 110 cm³/mol. The third-order valence-electron chi connectivity index (χ3n) is 4.89. The number of hydrogen-bond acceptors (Lipinski definition) is 8. The van der Waals surface area contributed by atoms with E-state index in [4.69, 9.17) is 24.7 Å². The molecule has 164 valence electrons. The molecule has 1 heterocycles. The third kappa shape index (κ3) is 5.52. The Morgan fingerprint density at radius 1 is 1.06 bits per heavy atom. The molecule has 1 amide bonds. The molecule has 9 nitrogen and oxygen atoms in total. The molecule has 0 bridgehead atoms. The Bertz CT molecular complexity index is 948. The lowest BCUT2D eigenvalue weighted by Crippen LogP contribution is -2.41. The van der Waals surface area contributed by atoms with Crippen molar-refractivity contribution in [3.63, 3.8) is 0 Å². The molecule has 31 heavy (non-hydrogen) atoms. The van der Waals surface area contributed by atoms with Crippen LogP contribution in [-0.4, -0.2) is 55.5 Å². The SMILES string of the molecule is CC(C(=O)c1ccc2c(c1)OCO2)N(C)C(=O)OCOC(=O)C(N)Cc1ccccc1. The average Bonchev–Trinajstić information content (AvgIpc) is 3.26. The molecular weight excluding hydrogens is 404 g/mol. The van der Waals surface area contributed by atoms with Gasteiger partial charge in [0.2, 0.25) is 13.6 Å². The van der Waals surface area contributed by atoms with E-state index in [0.29, 0.717) is 23.5 Å². The Labute approximate surface area is 179 Å². The van der Waals surface area contributed by atoms with E-state index in [9.17, 15) is 14.4 Å². The number of ketones is 1. The molecule has 3 rings (SSSR count). The first kappa shape index (κ1) is 22.1. The van der Waals surface area contributed by atoms with Crippen LogP contribution in [0.3, 0.4) is 0 Å². The monoisotopic (exact) mass is 428 g/mol. The number of fused-ring (bicyclic) bond motifs is 1. The number of Topliss-reactive ketones (excluding diaryl/α,β-unsaturated/α-hetero) is 1. The number of benzene rings is 2. The molecular formula is C22H24N2O7. The lowest BCUT2D eigenvalue weighted by molar-refractivity contribution is -0.154. The van der Waals surface area contributed by atoms with Crippen LogP contribution in [0.2, 0.25) is 0 Å². The van der Waals surface area contributed by atoms with Crippen LogP contribution in [0.5, 0.6) is 11.5 Å². The normalized spacial score (nSPS) is 13.8. The Morgan fingerprint density at radius 3 is 2.52 bits per heavy atom. The molecule has 2 atom stereocenters. The molecule has 0 aromatic heterocycles. The fraction of sp³-hybridized carbons (Fsp3) is 0.318. The highest BCUT2D eigenvalue weighted by molar-refractivity contribution is 6.01. The Morgan fingerprint density at radius 2 is 1.77 bits per heavy atom. The first-order chi connectivity index (χ1) is 14.9. The van der Waals surface area contributed by atoms with Crippen LogP contribution in [0.4, 0.5) is 4.79 Å². The van der Waals surface area contributed by atoms with Crippen molar-refractivity contribution in [3.05, 3.63) is 59.7 Å². The largest absolute Gasteiger partial charge is 0.454 e. The van der Waals surface area contributed by atoms with Crippen LogP contribution in [0.1, 0.15) is 22.8 Å². The van der Waals surface area contributed by atoms with Crippen molar-refractivity contribution in [2.24, 2.45) is 5.73 Å². The van der Waals surface area contributed by atoms with Crippen molar-refractivity contribution < 1.29 is 33.3 Å². The van der Waals surface area contributed by atoms with E-state index in [1.807, 2.05) is 30.3 Å². The van der Waals surface area contributed by atoms with Crippen molar-refractivity contribution in [1.82, 2.24) is 4.90 Å². The van der Waals surface area contributed by atoms with Gasteiger partial charge in [0, 0.05) is 12.6 Å². The standard InChI is InChI=1S/C22H24N2O7/c1-14(20(25)16-8-9-18-19(11-16)29-12-28-18)24(2)22(27)31-13-30-21(26)17(23)10-15-6-4-3-5-7-15/h3-9,11,14,17H,10,12-13,23H2,1-2H3. The fourth-order valence-corrected chi connectivity index (χ4v) is 2.92. The molecule has 2 aromatic rings. The summed E-state index contributed by atoms with van der Waals surface area (Å²) in [7, 11) is 1.42. The van der Waals surface area contributed by atoms with Gasteiger partial charge in [-0.2, -0.15) is 0 Å². The van der Waals surface area contributed by atoms with Gasteiger partial charge in [0.05, 0.1) is 6.04 Å². The second kappa shape index (κ2) is 9.94. The summed E-state index contributed by atoms with van der Waals surface area (Å²) >= 11 is 0. The molecule has 0 aliphatic carbocycles. The summed E-state index contributed by atoms with van der Waals surface area (Å²) in [5, 5.41) is 0. The number of likely N-dealkylation sites (N-methyl/N-ethyl adjacent to an activating group) is 1. The van der Waals surface area contributed by atoms with E-state index in [-0.39, 0.29) is 12.6 Å². The van der Waals surface area contributed by atoms with Crippen LogP contribution >= 0.6 is 0 Å².